The largest absolute Gasteiger partial charge is 0.467 e. The lowest BCUT2D eigenvalue weighted by Gasteiger charge is -2.22. The molecule has 0 radical (unpaired) electrons. The summed E-state index contributed by atoms with van der Waals surface area (Å²) >= 11 is 0. The Hall–Kier alpha value is -1.84. The molecule has 1 heterocycles. The van der Waals surface area contributed by atoms with Gasteiger partial charge in [0.05, 0.1) is 7.11 Å². The standard InChI is InChI=1S/C16H19NO3/c1-20-16(19)14-8-5-9-17(14)15(18)13-10-12(13)11-6-3-2-4-7-11/h2-4,6-7,12-14H,5,8-10H2,1H3. The lowest BCUT2D eigenvalue weighted by Crippen LogP contribution is -2.42. The first-order chi connectivity index (χ1) is 9.72. The molecule has 1 aromatic carbocycles. The molecule has 0 N–H and O–H groups in total. The van der Waals surface area contributed by atoms with Gasteiger partial charge in [0.2, 0.25) is 5.91 Å². The Kier molecular flexibility index (Phi) is 3.47. The fourth-order valence-electron chi connectivity index (χ4n) is 3.16. The SMILES string of the molecule is COC(=O)C1CCCN1C(=O)C1CC1c1ccccc1. The number of benzene rings is 1. The van der Waals surface area contributed by atoms with Crippen molar-refractivity contribution in [3.8, 4) is 0 Å². The van der Waals surface area contributed by atoms with Crippen molar-refractivity contribution < 1.29 is 14.3 Å². The molecule has 1 aliphatic heterocycles. The molecule has 1 saturated heterocycles. The molecule has 1 saturated carbocycles. The van der Waals surface area contributed by atoms with Crippen LogP contribution in [0.5, 0.6) is 0 Å². The van der Waals surface area contributed by atoms with E-state index in [9.17, 15) is 9.59 Å². The Balaban J connectivity index is 1.67. The Morgan fingerprint density at radius 2 is 2.00 bits per heavy atom. The summed E-state index contributed by atoms with van der Waals surface area (Å²) < 4.78 is 4.79. The monoisotopic (exact) mass is 273 g/mol. The van der Waals surface area contributed by atoms with Gasteiger partial charge in [-0.05, 0) is 30.7 Å². The Morgan fingerprint density at radius 3 is 2.70 bits per heavy atom. The maximum absolute atomic E-state index is 12.5. The summed E-state index contributed by atoms with van der Waals surface area (Å²) in [6, 6.07) is 9.75. The molecule has 4 heteroatoms. The molecule has 2 aliphatic rings. The molecule has 1 amide bonds. The minimum atomic E-state index is -0.371. The van der Waals surface area contributed by atoms with Crippen LogP contribution >= 0.6 is 0 Å². The first-order valence-electron chi connectivity index (χ1n) is 7.15. The Bertz CT molecular complexity index is 514. The van der Waals surface area contributed by atoms with Crippen LogP contribution in [0, 0.1) is 5.92 Å². The summed E-state index contributed by atoms with van der Waals surface area (Å²) in [5, 5.41) is 0. The van der Waals surface area contributed by atoms with Crippen LogP contribution in [0.3, 0.4) is 0 Å². The third-order valence-corrected chi connectivity index (χ3v) is 4.34. The van der Waals surface area contributed by atoms with E-state index in [0.717, 1.165) is 19.3 Å². The van der Waals surface area contributed by atoms with Crippen molar-refractivity contribution in [1.29, 1.82) is 0 Å². The van der Waals surface area contributed by atoms with Crippen LogP contribution in [-0.2, 0) is 14.3 Å². The lowest BCUT2D eigenvalue weighted by atomic mass is 10.1. The third kappa shape index (κ3) is 2.30. The first-order valence-corrected chi connectivity index (χ1v) is 7.15. The summed E-state index contributed by atoms with van der Waals surface area (Å²) in [5.41, 5.74) is 1.22. The number of rotatable bonds is 3. The van der Waals surface area contributed by atoms with Crippen molar-refractivity contribution in [1.82, 2.24) is 4.90 Å². The van der Waals surface area contributed by atoms with Gasteiger partial charge in [0.15, 0.2) is 0 Å². The van der Waals surface area contributed by atoms with E-state index in [0.29, 0.717) is 12.5 Å². The number of amides is 1. The van der Waals surface area contributed by atoms with Crippen molar-refractivity contribution in [2.45, 2.75) is 31.2 Å². The lowest BCUT2D eigenvalue weighted by molar-refractivity contribution is -0.151. The second-order valence-corrected chi connectivity index (χ2v) is 5.57. The van der Waals surface area contributed by atoms with Crippen LogP contribution in [0.4, 0.5) is 0 Å². The smallest absolute Gasteiger partial charge is 0.328 e. The fraction of sp³-hybridized carbons (Fsp3) is 0.500. The summed E-state index contributed by atoms with van der Waals surface area (Å²) in [5.74, 6) is 0.199. The van der Waals surface area contributed by atoms with E-state index in [4.69, 9.17) is 4.74 Å². The molecule has 0 spiro atoms. The highest BCUT2D eigenvalue weighted by Crippen LogP contribution is 2.49. The van der Waals surface area contributed by atoms with E-state index in [-0.39, 0.29) is 23.8 Å². The van der Waals surface area contributed by atoms with Gasteiger partial charge >= 0.3 is 5.97 Å². The van der Waals surface area contributed by atoms with Crippen LogP contribution in [0.15, 0.2) is 30.3 Å². The summed E-state index contributed by atoms with van der Waals surface area (Å²) in [4.78, 5) is 26.0. The van der Waals surface area contributed by atoms with E-state index in [1.807, 2.05) is 18.2 Å². The molecule has 3 atom stereocenters. The summed E-state index contributed by atoms with van der Waals surface area (Å²) in [6.45, 7) is 0.677. The average molecular weight is 273 g/mol. The van der Waals surface area contributed by atoms with Gasteiger partial charge in [-0.25, -0.2) is 4.79 Å². The highest BCUT2D eigenvalue weighted by atomic mass is 16.5. The number of hydrogen-bond acceptors (Lipinski definition) is 3. The average Bonchev–Trinajstić information content (AvgIpc) is 3.15. The Labute approximate surface area is 118 Å². The van der Waals surface area contributed by atoms with Gasteiger partial charge in [0.25, 0.3) is 0 Å². The zero-order valence-corrected chi connectivity index (χ0v) is 11.6. The number of nitrogens with zero attached hydrogens (tertiary/aromatic N) is 1. The number of methoxy groups -OCH3 is 1. The molecule has 3 rings (SSSR count). The van der Waals surface area contributed by atoms with Gasteiger partial charge in [0.1, 0.15) is 6.04 Å². The van der Waals surface area contributed by atoms with Crippen LogP contribution in [0.2, 0.25) is 0 Å². The number of carbonyl (C=O) groups is 2. The molecule has 0 aromatic heterocycles. The summed E-state index contributed by atoms with van der Waals surface area (Å²) in [6.07, 6.45) is 2.50. The van der Waals surface area contributed by atoms with Gasteiger partial charge in [0, 0.05) is 12.5 Å². The van der Waals surface area contributed by atoms with Crippen molar-refractivity contribution in [2.24, 2.45) is 5.92 Å². The Morgan fingerprint density at radius 1 is 1.25 bits per heavy atom. The molecular weight excluding hydrogens is 254 g/mol. The maximum Gasteiger partial charge on any atom is 0.328 e. The second kappa shape index (κ2) is 5.27. The predicted octanol–water partition coefficient (Wildman–Crippen LogP) is 1.95. The third-order valence-electron chi connectivity index (χ3n) is 4.34. The fourth-order valence-corrected chi connectivity index (χ4v) is 3.16. The second-order valence-electron chi connectivity index (χ2n) is 5.57. The van der Waals surface area contributed by atoms with E-state index in [1.165, 1.54) is 12.7 Å². The normalized spacial score (nSPS) is 28.2. The number of hydrogen-bond donors (Lipinski definition) is 0. The summed E-state index contributed by atoms with van der Waals surface area (Å²) in [7, 11) is 1.38. The zero-order valence-electron chi connectivity index (χ0n) is 11.6. The van der Waals surface area contributed by atoms with E-state index >= 15 is 0 Å². The molecule has 106 valence electrons. The highest BCUT2D eigenvalue weighted by molar-refractivity contribution is 5.88. The zero-order chi connectivity index (χ0) is 14.1. The first kappa shape index (κ1) is 13.2. The van der Waals surface area contributed by atoms with Crippen molar-refractivity contribution in [2.75, 3.05) is 13.7 Å². The van der Waals surface area contributed by atoms with Gasteiger partial charge < -0.3 is 9.64 Å². The van der Waals surface area contributed by atoms with Crippen molar-refractivity contribution in [3.05, 3.63) is 35.9 Å². The van der Waals surface area contributed by atoms with Crippen molar-refractivity contribution >= 4 is 11.9 Å². The number of carbonyl (C=O) groups excluding carboxylic acids is 2. The molecule has 20 heavy (non-hydrogen) atoms. The van der Waals surface area contributed by atoms with Gasteiger partial charge in [-0.3, -0.25) is 4.79 Å². The van der Waals surface area contributed by atoms with Gasteiger partial charge in [-0.15, -0.1) is 0 Å². The molecule has 2 fully saturated rings. The van der Waals surface area contributed by atoms with E-state index < -0.39 is 0 Å². The van der Waals surface area contributed by atoms with Crippen LogP contribution in [-0.4, -0.2) is 36.5 Å². The van der Waals surface area contributed by atoms with Crippen molar-refractivity contribution in [3.63, 3.8) is 0 Å². The molecular formula is C16H19NO3. The van der Waals surface area contributed by atoms with Crippen LogP contribution < -0.4 is 0 Å². The molecule has 4 nitrogen and oxygen atoms in total. The molecule has 1 aromatic rings. The number of likely N-dealkylation sites (tertiary alicyclic amines) is 1. The van der Waals surface area contributed by atoms with Crippen LogP contribution in [0.1, 0.15) is 30.7 Å². The predicted molar refractivity (Wildman–Crippen MR) is 74.0 cm³/mol. The quantitative estimate of drug-likeness (QED) is 0.791. The highest BCUT2D eigenvalue weighted by Gasteiger charge is 2.48. The van der Waals surface area contributed by atoms with E-state index in [1.54, 1.807) is 4.90 Å². The molecule has 0 bridgehead atoms. The minimum absolute atomic E-state index is 0.0441. The molecule has 1 aliphatic carbocycles. The van der Waals surface area contributed by atoms with Crippen LogP contribution in [0.25, 0.3) is 0 Å². The van der Waals surface area contributed by atoms with Gasteiger partial charge in [-0.1, -0.05) is 30.3 Å². The topological polar surface area (TPSA) is 46.6 Å². The molecule has 3 unspecified atom stereocenters. The number of esters is 1. The number of ether oxygens (including phenoxy) is 1. The minimum Gasteiger partial charge on any atom is -0.467 e. The maximum atomic E-state index is 12.5. The van der Waals surface area contributed by atoms with E-state index in [2.05, 4.69) is 12.1 Å². The van der Waals surface area contributed by atoms with Gasteiger partial charge in [-0.2, -0.15) is 0 Å².